The van der Waals surface area contributed by atoms with Gasteiger partial charge in [0, 0.05) is 13.0 Å². The Balaban J connectivity index is 3.82. The van der Waals surface area contributed by atoms with Crippen molar-refractivity contribution in [1.29, 1.82) is 0 Å². The Morgan fingerprint density at radius 3 is 2.00 bits per heavy atom. The van der Waals surface area contributed by atoms with Gasteiger partial charge < -0.3 is 4.90 Å². The average Bonchev–Trinajstić information content (AvgIpc) is 2.04. The molecule has 0 saturated heterocycles. The summed E-state index contributed by atoms with van der Waals surface area (Å²) in [6, 6.07) is 0. The molecule has 2 nitrogen and oxygen atoms in total. The van der Waals surface area contributed by atoms with Gasteiger partial charge >= 0.3 is 6.18 Å². The summed E-state index contributed by atoms with van der Waals surface area (Å²) in [6.07, 6.45) is -5.11. The molecule has 13 heavy (non-hydrogen) atoms. The van der Waals surface area contributed by atoms with Gasteiger partial charge in [-0.05, 0) is 13.1 Å². The lowest BCUT2D eigenvalue weighted by Crippen LogP contribution is -2.30. The lowest BCUT2D eigenvalue weighted by molar-refractivity contribution is -0.171. The summed E-state index contributed by atoms with van der Waals surface area (Å²) in [5.74, 6) is -1.64. The first kappa shape index (κ1) is 12.4. The molecule has 0 unspecified atom stereocenters. The number of carbonyl (C=O) groups excluding carboxylic acids is 1. The van der Waals surface area contributed by atoms with Gasteiger partial charge in [0.1, 0.15) is 0 Å². The van der Waals surface area contributed by atoms with Crippen LogP contribution in [0.1, 0.15) is 20.3 Å². The summed E-state index contributed by atoms with van der Waals surface area (Å²) in [7, 11) is 0. The predicted octanol–water partition coefficient (Wildman–Crippen LogP) is 1.85. The van der Waals surface area contributed by atoms with Crippen LogP contribution in [0.2, 0.25) is 0 Å². The van der Waals surface area contributed by atoms with E-state index >= 15 is 0 Å². The quantitative estimate of drug-likeness (QED) is 0.670. The van der Waals surface area contributed by atoms with Crippen LogP contribution in [0.15, 0.2) is 0 Å². The zero-order chi connectivity index (χ0) is 10.5. The number of carbonyl (C=O) groups is 1. The molecule has 0 aromatic heterocycles. The van der Waals surface area contributed by atoms with Crippen LogP contribution in [0.25, 0.3) is 0 Å². The number of halogens is 3. The van der Waals surface area contributed by atoms with Gasteiger partial charge in [-0.3, -0.25) is 4.79 Å². The van der Waals surface area contributed by atoms with Crippen LogP contribution in [0.5, 0.6) is 0 Å². The van der Waals surface area contributed by atoms with Crippen molar-refractivity contribution in [3.63, 3.8) is 0 Å². The van der Waals surface area contributed by atoms with E-state index in [0.717, 1.165) is 0 Å². The van der Waals surface area contributed by atoms with E-state index in [4.69, 9.17) is 0 Å². The molecule has 0 spiro atoms. The van der Waals surface area contributed by atoms with Gasteiger partial charge in [-0.25, -0.2) is 0 Å². The fourth-order valence-electron chi connectivity index (χ4n) is 0.941. The monoisotopic (exact) mass is 197 g/mol. The molecular weight excluding hydrogens is 183 g/mol. The van der Waals surface area contributed by atoms with Crippen molar-refractivity contribution in [2.24, 2.45) is 0 Å². The number of rotatable bonds is 5. The molecule has 0 radical (unpaired) electrons. The van der Waals surface area contributed by atoms with E-state index in [9.17, 15) is 18.0 Å². The van der Waals surface area contributed by atoms with Gasteiger partial charge in [-0.15, -0.1) is 0 Å². The van der Waals surface area contributed by atoms with E-state index in [1.54, 1.807) is 4.90 Å². The number of hydrogen-bond acceptors (Lipinski definition) is 2. The number of Topliss-reactive ketones (excluding diaryl/α,β-unsaturated/α-hetero) is 1. The first-order chi connectivity index (χ1) is 5.91. The minimum absolute atomic E-state index is 0.186. The Bertz CT molecular complexity index is 163. The molecule has 0 aromatic carbocycles. The fourth-order valence-corrected chi connectivity index (χ4v) is 0.941. The standard InChI is InChI=1S/C8H14F3NO/c1-3-12(4-2)6-5-7(13)8(9,10)11/h3-6H2,1-2H3. The lowest BCUT2D eigenvalue weighted by Gasteiger charge is -2.17. The van der Waals surface area contributed by atoms with Crippen molar-refractivity contribution in [2.45, 2.75) is 26.4 Å². The Morgan fingerprint density at radius 1 is 1.23 bits per heavy atom. The highest BCUT2D eigenvalue weighted by Crippen LogP contribution is 2.17. The highest BCUT2D eigenvalue weighted by atomic mass is 19.4. The van der Waals surface area contributed by atoms with Crippen molar-refractivity contribution in [3.05, 3.63) is 0 Å². The van der Waals surface area contributed by atoms with Gasteiger partial charge in [0.2, 0.25) is 5.78 Å². The maximum atomic E-state index is 11.7. The molecule has 0 saturated carbocycles. The van der Waals surface area contributed by atoms with Gasteiger partial charge in [-0.1, -0.05) is 13.8 Å². The molecule has 0 fully saturated rings. The van der Waals surface area contributed by atoms with Crippen LogP contribution in [0.3, 0.4) is 0 Å². The maximum Gasteiger partial charge on any atom is 0.450 e. The van der Waals surface area contributed by atoms with Gasteiger partial charge in [0.25, 0.3) is 0 Å². The van der Waals surface area contributed by atoms with Crippen LogP contribution < -0.4 is 0 Å². The minimum atomic E-state index is -4.67. The van der Waals surface area contributed by atoms with Crippen LogP contribution in [-0.2, 0) is 4.79 Å². The summed E-state index contributed by atoms with van der Waals surface area (Å²) in [5, 5.41) is 0. The molecule has 0 N–H and O–H groups in total. The topological polar surface area (TPSA) is 20.3 Å². The van der Waals surface area contributed by atoms with Crippen molar-refractivity contribution >= 4 is 5.78 Å². The molecule has 0 amide bonds. The Kier molecular flexibility index (Phi) is 4.98. The van der Waals surface area contributed by atoms with Gasteiger partial charge in [0.15, 0.2) is 0 Å². The number of ketones is 1. The second-order valence-electron chi connectivity index (χ2n) is 2.70. The summed E-state index contributed by atoms with van der Waals surface area (Å²) < 4.78 is 35.2. The number of alkyl halides is 3. The zero-order valence-corrected chi connectivity index (χ0v) is 7.82. The van der Waals surface area contributed by atoms with E-state index in [0.29, 0.717) is 13.1 Å². The van der Waals surface area contributed by atoms with E-state index in [1.165, 1.54) is 0 Å². The molecule has 0 aliphatic rings. The van der Waals surface area contributed by atoms with Crippen LogP contribution >= 0.6 is 0 Å². The average molecular weight is 197 g/mol. The summed E-state index contributed by atoms with van der Waals surface area (Å²) in [6.45, 7) is 5.22. The third-order valence-corrected chi connectivity index (χ3v) is 1.87. The van der Waals surface area contributed by atoms with E-state index < -0.39 is 18.4 Å². The van der Waals surface area contributed by atoms with Gasteiger partial charge in [0.05, 0.1) is 0 Å². The molecule has 0 aliphatic heterocycles. The zero-order valence-electron chi connectivity index (χ0n) is 7.82. The lowest BCUT2D eigenvalue weighted by atomic mass is 10.2. The van der Waals surface area contributed by atoms with Crippen molar-refractivity contribution in [1.82, 2.24) is 4.90 Å². The molecule has 78 valence electrons. The van der Waals surface area contributed by atoms with Crippen molar-refractivity contribution < 1.29 is 18.0 Å². The van der Waals surface area contributed by atoms with Gasteiger partial charge in [-0.2, -0.15) is 13.2 Å². The van der Waals surface area contributed by atoms with Crippen LogP contribution in [-0.4, -0.2) is 36.5 Å². The summed E-state index contributed by atoms with van der Waals surface area (Å²) in [4.78, 5) is 12.2. The number of hydrogen-bond donors (Lipinski definition) is 0. The third-order valence-electron chi connectivity index (χ3n) is 1.87. The Labute approximate surface area is 75.7 Å². The highest BCUT2D eigenvalue weighted by molar-refractivity contribution is 5.84. The molecule has 0 heterocycles. The van der Waals surface area contributed by atoms with E-state index in [1.807, 2.05) is 13.8 Å². The first-order valence-electron chi connectivity index (χ1n) is 4.24. The first-order valence-corrected chi connectivity index (χ1v) is 4.24. The molecule has 0 bridgehead atoms. The molecule has 0 aromatic rings. The molecule has 0 aliphatic carbocycles. The fraction of sp³-hybridized carbons (Fsp3) is 0.875. The van der Waals surface area contributed by atoms with Crippen LogP contribution in [0, 0.1) is 0 Å². The van der Waals surface area contributed by atoms with Crippen LogP contribution in [0.4, 0.5) is 13.2 Å². The maximum absolute atomic E-state index is 11.7. The smallest absolute Gasteiger partial charge is 0.303 e. The second kappa shape index (κ2) is 5.21. The highest BCUT2D eigenvalue weighted by Gasteiger charge is 2.37. The summed E-state index contributed by atoms with van der Waals surface area (Å²) in [5.41, 5.74) is 0. The van der Waals surface area contributed by atoms with Crippen molar-refractivity contribution in [2.75, 3.05) is 19.6 Å². The summed E-state index contributed by atoms with van der Waals surface area (Å²) >= 11 is 0. The normalized spacial score (nSPS) is 12.2. The predicted molar refractivity (Wildman–Crippen MR) is 43.5 cm³/mol. The van der Waals surface area contributed by atoms with E-state index in [-0.39, 0.29) is 6.54 Å². The second-order valence-corrected chi connectivity index (χ2v) is 2.70. The molecule has 0 rings (SSSR count). The van der Waals surface area contributed by atoms with E-state index in [2.05, 4.69) is 0 Å². The number of nitrogens with zero attached hydrogens (tertiary/aromatic N) is 1. The van der Waals surface area contributed by atoms with Crippen molar-refractivity contribution in [3.8, 4) is 0 Å². The SMILES string of the molecule is CCN(CC)CCC(=O)C(F)(F)F. The Hall–Kier alpha value is -0.580. The molecule has 0 atom stereocenters. The largest absolute Gasteiger partial charge is 0.450 e. The Morgan fingerprint density at radius 2 is 1.69 bits per heavy atom. The molecular formula is C8H14F3NO. The molecule has 5 heteroatoms. The minimum Gasteiger partial charge on any atom is -0.303 e. The third kappa shape index (κ3) is 4.87.